The molecule has 0 spiro atoms. The van der Waals surface area contributed by atoms with Crippen molar-refractivity contribution in [1.82, 2.24) is 10.6 Å². The number of rotatable bonds is 6. The van der Waals surface area contributed by atoms with E-state index in [2.05, 4.69) is 58.9 Å². The lowest BCUT2D eigenvalue weighted by atomic mass is 9.95. The van der Waals surface area contributed by atoms with E-state index in [-0.39, 0.29) is 5.41 Å². The Hall–Kier alpha value is -2.49. The predicted molar refractivity (Wildman–Crippen MR) is 103 cm³/mol. The van der Waals surface area contributed by atoms with Crippen LogP contribution in [-0.2, 0) is 12.0 Å². The van der Waals surface area contributed by atoms with E-state index in [9.17, 15) is 0 Å². The van der Waals surface area contributed by atoms with Gasteiger partial charge in [0.15, 0.2) is 5.96 Å². The van der Waals surface area contributed by atoms with Gasteiger partial charge in [0.05, 0.1) is 7.11 Å². The van der Waals surface area contributed by atoms with Crippen LogP contribution in [0.2, 0.25) is 0 Å². The van der Waals surface area contributed by atoms with E-state index >= 15 is 0 Å². The van der Waals surface area contributed by atoms with Gasteiger partial charge in [-0.15, -0.1) is 0 Å². The maximum absolute atomic E-state index is 5.55. The fourth-order valence-corrected chi connectivity index (χ4v) is 3.26. The number of guanidine groups is 1. The minimum absolute atomic E-state index is 0.160. The molecule has 25 heavy (non-hydrogen) atoms. The third-order valence-electron chi connectivity index (χ3n) is 4.89. The van der Waals surface area contributed by atoms with Gasteiger partial charge in [0.25, 0.3) is 0 Å². The summed E-state index contributed by atoms with van der Waals surface area (Å²) in [5.74, 6) is 1.81. The van der Waals surface area contributed by atoms with Gasteiger partial charge in [-0.1, -0.05) is 48.0 Å². The summed E-state index contributed by atoms with van der Waals surface area (Å²) in [5.41, 5.74) is 3.98. The Kier molecular flexibility index (Phi) is 5.27. The molecule has 2 aromatic carbocycles. The molecule has 2 N–H and O–H groups in total. The second-order valence-electron chi connectivity index (χ2n) is 6.75. The molecular formula is C21H27N3O. The highest BCUT2D eigenvalue weighted by Crippen LogP contribution is 2.50. The zero-order chi connectivity index (χ0) is 17.7. The fourth-order valence-electron chi connectivity index (χ4n) is 3.26. The molecule has 132 valence electrons. The monoisotopic (exact) mass is 337 g/mol. The Labute approximate surface area is 150 Å². The van der Waals surface area contributed by atoms with Crippen molar-refractivity contribution in [3.63, 3.8) is 0 Å². The summed E-state index contributed by atoms with van der Waals surface area (Å²) in [6, 6.07) is 16.8. The molecule has 0 amide bonds. The Balaban J connectivity index is 1.60. The zero-order valence-corrected chi connectivity index (χ0v) is 15.3. The van der Waals surface area contributed by atoms with Crippen LogP contribution in [-0.4, -0.2) is 26.7 Å². The third-order valence-corrected chi connectivity index (χ3v) is 4.89. The quantitative estimate of drug-likeness (QED) is 0.627. The Bertz CT molecular complexity index is 750. The number of benzene rings is 2. The van der Waals surface area contributed by atoms with E-state index in [1.807, 2.05) is 19.2 Å². The molecule has 1 aliphatic carbocycles. The SMILES string of the molecule is CN=C(NCc1cccc(C)c1)NCC1(c2ccccc2OC)CC1. The summed E-state index contributed by atoms with van der Waals surface area (Å²) in [5, 5.41) is 6.89. The van der Waals surface area contributed by atoms with Gasteiger partial charge in [-0.2, -0.15) is 0 Å². The van der Waals surface area contributed by atoms with Gasteiger partial charge in [-0.05, 0) is 31.4 Å². The largest absolute Gasteiger partial charge is 0.496 e. The molecule has 0 unspecified atom stereocenters. The van der Waals surface area contributed by atoms with E-state index in [4.69, 9.17) is 4.74 Å². The van der Waals surface area contributed by atoms with Crippen LogP contribution < -0.4 is 15.4 Å². The Morgan fingerprint density at radius 3 is 2.60 bits per heavy atom. The minimum atomic E-state index is 0.160. The summed E-state index contributed by atoms with van der Waals surface area (Å²) in [6.07, 6.45) is 2.35. The second kappa shape index (κ2) is 7.60. The van der Waals surface area contributed by atoms with E-state index < -0.39 is 0 Å². The molecule has 0 aromatic heterocycles. The first kappa shape index (κ1) is 17.3. The van der Waals surface area contributed by atoms with Gasteiger partial charge in [-0.25, -0.2) is 0 Å². The Morgan fingerprint density at radius 1 is 1.12 bits per heavy atom. The first-order valence-electron chi connectivity index (χ1n) is 8.80. The highest BCUT2D eigenvalue weighted by atomic mass is 16.5. The number of methoxy groups -OCH3 is 1. The molecule has 1 saturated carbocycles. The normalized spacial score (nSPS) is 15.6. The van der Waals surface area contributed by atoms with Crippen molar-refractivity contribution in [1.29, 1.82) is 0 Å². The highest BCUT2D eigenvalue weighted by molar-refractivity contribution is 5.79. The van der Waals surface area contributed by atoms with Crippen molar-refractivity contribution >= 4 is 5.96 Å². The summed E-state index contributed by atoms with van der Waals surface area (Å²) in [6.45, 7) is 3.74. The van der Waals surface area contributed by atoms with Crippen LogP contribution in [0.1, 0.15) is 29.5 Å². The van der Waals surface area contributed by atoms with Gasteiger partial charge >= 0.3 is 0 Å². The van der Waals surface area contributed by atoms with Gasteiger partial charge in [0.1, 0.15) is 5.75 Å². The molecule has 2 aromatic rings. The number of aliphatic imine (C=N–C) groups is 1. The number of hydrogen-bond acceptors (Lipinski definition) is 2. The predicted octanol–water partition coefficient (Wildman–Crippen LogP) is 3.40. The molecule has 0 radical (unpaired) electrons. The number of nitrogens with zero attached hydrogens (tertiary/aromatic N) is 1. The van der Waals surface area contributed by atoms with Gasteiger partial charge in [0, 0.05) is 31.1 Å². The first-order valence-corrected chi connectivity index (χ1v) is 8.80. The van der Waals surface area contributed by atoms with Crippen LogP contribution in [0.4, 0.5) is 0 Å². The van der Waals surface area contributed by atoms with Crippen molar-refractivity contribution in [2.24, 2.45) is 4.99 Å². The smallest absolute Gasteiger partial charge is 0.191 e. The van der Waals surface area contributed by atoms with Gasteiger partial charge < -0.3 is 15.4 Å². The van der Waals surface area contributed by atoms with Crippen molar-refractivity contribution in [3.8, 4) is 5.75 Å². The van der Waals surface area contributed by atoms with Crippen LogP contribution in [0.15, 0.2) is 53.5 Å². The molecule has 3 rings (SSSR count). The topological polar surface area (TPSA) is 45.7 Å². The van der Waals surface area contributed by atoms with E-state index in [0.717, 1.165) is 24.8 Å². The summed E-state index contributed by atoms with van der Waals surface area (Å²) >= 11 is 0. The standard InChI is InChI=1S/C21H27N3O/c1-16-7-6-8-17(13-16)14-23-20(22-2)24-15-21(11-12-21)18-9-4-5-10-19(18)25-3/h4-10,13H,11-12,14-15H2,1-3H3,(H2,22,23,24). The molecule has 1 fully saturated rings. The highest BCUT2D eigenvalue weighted by Gasteiger charge is 2.46. The summed E-state index contributed by atoms with van der Waals surface area (Å²) in [4.78, 5) is 4.36. The fraction of sp³-hybridized carbons (Fsp3) is 0.381. The zero-order valence-electron chi connectivity index (χ0n) is 15.3. The van der Waals surface area contributed by atoms with Crippen LogP contribution in [0.3, 0.4) is 0 Å². The molecule has 0 atom stereocenters. The van der Waals surface area contributed by atoms with Crippen molar-refractivity contribution < 1.29 is 4.74 Å². The third kappa shape index (κ3) is 4.13. The van der Waals surface area contributed by atoms with E-state index in [0.29, 0.717) is 0 Å². The number of aryl methyl sites for hydroxylation is 1. The van der Waals surface area contributed by atoms with Gasteiger partial charge in [0.2, 0.25) is 0 Å². The molecule has 4 heteroatoms. The summed E-state index contributed by atoms with van der Waals surface area (Å²) < 4.78 is 5.55. The lowest BCUT2D eigenvalue weighted by molar-refractivity contribution is 0.403. The maximum Gasteiger partial charge on any atom is 0.191 e. The molecule has 4 nitrogen and oxygen atoms in total. The lowest BCUT2D eigenvalue weighted by Crippen LogP contribution is -2.41. The number of hydrogen-bond donors (Lipinski definition) is 2. The van der Waals surface area contributed by atoms with Crippen LogP contribution in [0.5, 0.6) is 5.75 Å². The molecule has 0 aliphatic heterocycles. The number of para-hydroxylation sites is 1. The van der Waals surface area contributed by atoms with Crippen molar-refractivity contribution in [3.05, 3.63) is 65.2 Å². The lowest BCUT2D eigenvalue weighted by Gasteiger charge is -2.21. The van der Waals surface area contributed by atoms with E-state index in [1.54, 1.807) is 7.11 Å². The molecule has 0 saturated heterocycles. The van der Waals surface area contributed by atoms with Crippen molar-refractivity contribution in [2.75, 3.05) is 20.7 Å². The molecule has 1 aliphatic rings. The van der Waals surface area contributed by atoms with Crippen LogP contribution in [0, 0.1) is 6.92 Å². The first-order chi connectivity index (χ1) is 12.2. The van der Waals surface area contributed by atoms with Crippen LogP contribution in [0.25, 0.3) is 0 Å². The minimum Gasteiger partial charge on any atom is -0.496 e. The molecule has 0 bridgehead atoms. The van der Waals surface area contributed by atoms with Crippen molar-refractivity contribution in [2.45, 2.75) is 31.7 Å². The average molecular weight is 337 g/mol. The van der Waals surface area contributed by atoms with Crippen LogP contribution >= 0.6 is 0 Å². The number of ether oxygens (including phenoxy) is 1. The second-order valence-corrected chi connectivity index (χ2v) is 6.75. The average Bonchev–Trinajstić information content (AvgIpc) is 3.43. The molecular weight excluding hydrogens is 310 g/mol. The summed E-state index contributed by atoms with van der Waals surface area (Å²) in [7, 11) is 3.55. The Morgan fingerprint density at radius 2 is 1.92 bits per heavy atom. The molecule has 0 heterocycles. The number of nitrogens with one attached hydrogen (secondary N) is 2. The van der Waals surface area contributed by atoms with E-state index in [1.165, 1.54) is 29.5 Å². The maximum atomic E-state index is 5.55. The van der Waals surface area contributed by atoms with Gasteiger partial charge in [-0.3, -0.25) is 4.99 Å².